The maximum atomic E-state index is 10.6. The van der Waals surface area contributed by atoms with Crippen LogP contribution >= 0.6 is 11.3 Å². The average molecular weight is 396 g/mol. The molecule has 0 spiro atoms. The lowest BCUT2D eigenvalue weighted by atomic mass is 10.1. The first-order valence-electron chi connectivity index (χ1n) is 8.87. The van der Waals surface area contributed by atoms with Gasteiger partial charge in [0.15, 0.2) is 5.13 Å². The number of aromatic nitrogens is 1. The number of hydrogen-bond donors (Lipinski definition) is 1. The predicted molar refractivity (Wildman–Crippen MR) is 112 cm³/mol. The molecule has 3 rings (SSSR count). The van der Waals surface area contributed by atoms with Crippen molar-refractivity contribution in [2.24, 2.45) is 10.4 Å². The van der Waals surface area contributed by atoms with Crippen LogP contribution in [0.4, 0.5) is 5.13 Å². The van der Waals surface area contributed by atoms with Crippen LogP contribution in [-0.2, 0) is 6.42 Å². The first-order valence-corrected chi connectivity index (χ1v) is 9.69. The van der Waals surface area contributed by atoms with Gasteiger partial charge in [-0.2, -0.15) is 9.81 Å². The summed E-state index contributed by atoms with van der Waals surface area (Å²) in [6.45, 7) is 0.987. The Morgan fingerprint density at radius 2 is 1.57 bits per heavy atom. The molecule has 28 heavy (non-hydrogen) atoms. The first kappa shape index (κ1) is 19.6. The van der Waals surface area contributed by atoms with E-state index >= 15 is 0 Å². The minimum absolute atomic E-state index is 0.112. The largest absolute Gasteiger partial charge is 0.508 e. The summed E-state index contributed by atoms with van der Waals surface area (Å²) in [4.78, 5) is 28.9. The van der Waals surface area contributed by atoms with Gasteiger partial charge in [0.2, 0.25) is 0 Å². The summed E-state index contributed by atoms with van der Waals surface area (Å²) >= 11 is 1.53. The molecular formula is C20H20N4O3S. The molecule has 8 heteroatoms. The molecule has 0 atom stereocenters. The smallest absolute Gasteiger partial charge is 0.186 e. The van der Waals surface area contributed by atoms with E-state index in [4.69, 9.17) is 4.98 Å². The van der Waals surface area contributed by atoms with E-state index in [9.17, 15) is 14.9 Å². The second-order valence-electron chi connectivity index (χ2n) is 6.17. The lowest BCUT2D eigenvalue weighted by Crippen LogP contribution is -2.28. The molecule has 0 aliphatic heterocycles. The Balaban J connectivity index is 1.98. The van der Waals surface area contributed by atoms with Crippen LogP contribution in [0.5, 0.6) is 5.75 Å². The Kier molecular flexibility index (Phi) is 6.80. The van der Waals surface area contributed by atoms with Crippen molar-refractivity contribution >= 4 is 16.5 Å². The number of hydrogen-bond acceptors (Lipinski definition) is 8. The molecule has 0 saturated carbocycles. The molecule has 1 aromatic heterocycles. The van der Waals surface area contributed by atoms with E-state index in [2.05, 4.69) is 22.5 Å². The molecule has 0 unspecified atom stereocenters. The van der Waals surface area contributed by atoms with Crippen molar-refractivity contribution in [1.82, 2.24) is 4.98 Å². The SMILES string of the molecule is O=NCCN(CCN=O)c1nc(-c2ccc(O)cc2)c(Cc2ccccc2)s1. The van der Waals surface area contributed by atoms with Crippen molar-refractivity contribution in [2.45, 2.75) is 6.42 Å². The number of benzene rings is 2. The van der Waals surface area contributed by atoms with Gasteiger partial charge >= 0.3 is 0 Å². The molecule has 0 saturated heterocycles. The summed E-state index contributed by atoms with van der Waals surface area (Å²) in [7, 11) is 0. The molecule has 144 valence electrons. The van der Waals surface area contributed by atoms with E-state index in [0.717, 1.165) is 26.8 Å². The van der Waals surface area contributed by atoms with Crippen molar-refractivity contribution in [2.75, 3.05) is 31.1 Å². The van der Waals surface area contributed by atoms with Gasteiger partial charge in [-0.15, -0.1) is 11.3 Å². The van der Waals surface area contributed by atoms with Crippen molar-refractivity contribution in [1.29, 1.82) is 0 Å². The van der Waals surface area contributed by atoms with Crippen LogP contribution in [0.3, 0.4) is 0 Å². The zero-order chi connectivity index (χ0) is 19.8. The van der Waals surface area contributed by atoms with E-state index in [1.807, 2.05) is 35.2 Å². The van der Waals surface area contributed by atoms with E-state index < -0.39 is 0 Å². The standard InChI is InChI=1S/C20H20N4O3S/c25-17-8-6-16(7-9-17)19-18(14-15-4-2-1-3-5-15)28-20(23-19)24(12-10-21-26)13-11-22-27/h1-9,25H,10-14H2. The molecule has 1 N–H and O–H groups in total. The molecule has 0 bridgehead atoms. The number of nitroso groups, excluding NO2 is 2. The van der Waals surface area contributed by atoms with Crippen molar-refractivity contribution in [3.05, 3.63) is 74.9 Å². The highest BCUT2D eigenvalue weighted by Gasteiger charge is 2.18. The third kappa shape index (κ3) is 4.98. The third-order valence-electron chi connectivity index (χ3n) is 4.23. The quantitative estimate of drug-likeness (QED) is 0.511. The van der Waals surface area contributed by atoms with Crippen LogP contribution in [0.15, 0.2) is 65.0 Å². The number of anilines is 1. The van der Waals surface area contributed by atoms with E-state index in [0.29, 0.717) is 19.5 Å². The van der Waals surface area contributed by atoms with Crippen LogP contribution < -0.4 is 4.90 Å². The fraction of sp³-hybridized carbons (Fsp3) is 0.250. The Morgan fingerprint density at radius 3 is 2.18 bits per heavy atom. The lowest BCUT2D eigenvalue weighted by Gasteiger charge is -2.18. The zero-order valence-electron chi connectivity index (χ0n) is 15.2. The van der Waals surface area contributed by atoms with Gasteiger partial charge < -0.3 is 10.0 Å². The van der Waals surface area contributed by atoms with Crippen molar-refractivity contribution < 1.29 is 5.11 Å². The number of aromatic hydroxyl groups is 1. The van der Waals surface area contributed by atoms with Gasteiger partial charge in [0.1, 0.15) is 5.75 Å². The Hall–Kier alpha value is -3.13. The van der Waals surface area contributed by atoms with E-state index in [1.54, 1.807) is 12.1 Å². The molecule has 0 aliphatic rings. The van der Waals surface area contributed by atoms with Crippen LogP contribution in [0.25, 0.3) is 11.3 Å². The van der Waals surface area contributed by atoms with Crippen molar-refractivity contribution in [3.63, 3.8) is 0 Å². The van der Waals surface area contributed by atoms with Gasteiger partial charge in [0.25, 0.3) is 0 Å². The maximum absolute atomic E-state index is 10.6. The first-order chi connectivity index (χ1) is 13.7. The summed E-state index contributed by atoms with van der Waals surface area (Å²) in [6.07, 6.45) is 0.709. The van der Waals surface area contributed by atoms with E-state index in [1.165, 1.54) is 11.3 Å². The lowest BCUT2D eigenvalue weighted by molar-refractivity contribution is 0.475. The van der Waals surface area contributed by atoms with E-state index in [-0.39, 0.29) is 18.8 Å². The number of thiazole rings is 1. The molecule has 0 aliphatic carbocycles. The number of rotatable bonds is 10. The van der Waals surface area contributed by atoms with Crippen LogP contribution in [0.2, 0.25) is 0 Å². The predicted octanol–water partition coefficient (Wildman–Crippen LogP) is 4.45. The Morgan fingerprint density at radius 1 is 0.929 bits per heavy atom. The van der Waals surface area contributed by atoms with Gasteiger partial charge in [0, 0.05) is 30.0 Å². The number of phenolic OH excluding ortho intramolecular Hbond substituents is 1. The average Bonchev–Trinajstić information content (AvgIpc) is 3.13. The molecule has 0 radical (unpaired) electrons. The fourth-order valence-electron chi connectivity index (χ4n) is 2.85. The summed E-state index contributed by atoms with van der Waals surface area (Å²) in [5.74, 6) is 0.194. The van der Waals surface area contributed by atoms with Crippen molar-refractivity contribution in [3.8, 4) is 17.0 Å². The zero-order valence-corrected chi connectivity index (χ0v) is 16.0. The number of phenols is 1. The Labute approximate surface area is 166 Å². The normalized spacial score (nSPS) is 10.6. The van der Waals surface area contributed by atoms with Crippen LogP contribution in [0.1, 0.15) is 10.4 Å². The molecule has 3 aromatic rings. The second-order valence-corrected chi connectivity index (χ2v) is 7.23. The second kappa shape index (κ2) is 9.70. The molecule has 0 fully saturated rings. The van der Waals surface area contributed by atoms with Crippen LogP contribution in [0, 0.1) is 9.81 Å². The Bertz CT molecular complexity index is 901. The maximum Gasteiger partial charge on any atom is 0.186 e. The molecule has 7 nitrogen and oxygen atoms in total. The molecule has 1 heterocycles. The van der Waals surface area contributed by atoms with Gasteiger partial charge in [-0.1, -0.05) is 40.7 Å². The third-order valence-corrected chi connectivity index (χ3v) is 5.34. The summed E-state index contributed by atoms with van der Waals surface area (Å²) < 4.78 is 0. The minimum Gasteiger partial charge on any atom is -0.508 e. The molecule has 0 amide bonds. The summed E-state index contributed by atoms with van der Waals surface area (Å²) in [5, 5.41) is 16.2. The van der Waals surface area contributed by atoms with Gasteiger partial charge in [-0.25, -0.2) is 4.98 Å². The number of nitrogens with zero attached hydrogens (tertiary/aromatic N) is 4. The van der Waals surface area contributed by atoms with Crippen LogP contribution in [-0.4, -0.2) is 36.3 Å². The van der Waals surface area contributed by atoms with Gasteiger partial charge in [0.05, 0.1) is 18.8 Å². The summed E-state index contributed by atoms with van der Waals surface area (Å²) in [5.41, 5.74) is 2.88. The molecule has 2 aromatic carbocycles. The highest BCUT2D eigenvalue weighted by molar-refractivity contribution is 7.16. The topological polar surface area (TPSA) is 95.2 Å². The van der Waals surface area contributed by atoms with Gasteiger partial charge in [-0.3, -0.25) is 0 Å². The fourth-order valence-corrected chi connectivity index (χ4v) is 4.01. The highest BCUT2D eigenvalue weighted by atomic mass is 32.1. The minimum atomic E-state index is 0.112. The molecular weight excluding hydrogens is 376 g/mol. The summed E-state index contributed by atoms with van der Waals surface area (Å²) in [6, 6.07) is 17.0. The van der Waals surface area contributed by atoms with Gasteiger partial charge in [-0.05, 0) is 29.8 Å². The highest BCUT2D eigenvalue weighted by Crippen LogP contribution is 2.35. The monoisotopic (exact) mass is 396 g/mol.